The Morgan fingerprint density at radius 2 is 1.57 bits per heavy atom. The Bertz CT molecular complexity index is 10.0. The van der Waals surface area contributed by atoms with E-state index in [-0.39, 0.29) is 23.1 Å². The molecule has 0 rings (SSSR count). The van der Waals surface area contributed by atoms with Crippen molar-refractivity contribution in [3.05, 3.63) is 12.7 Å². The summed E-state index contributed by atoms with van der Waals surface area (Å²) in [6.45, 7) is 7.56. The minimum atomic E-state index is 0. The second-order valence-electron chi connectivity index (χ2n) is 0.750. The van der Waals surface area contributed by atoms with Crippen molar-refractivity contribution in [1.29, 1.82) is 0 Å². The van der Waals surface area contributed by atoms with E-state index in [1.807, 2.05) is 6.92 Å². The molecule has 0 atom stereocenters. The van der Waals surface area contributed by atoms with Crippen LogP contribution in [0.15, 0.2) is 0 Å². The van der Waals surface area contributed by atoms with Gasteiger partial charge in [0, 0.05) is 0 Å². The molecule has 1 nitrogen and oxygen atoms in total. The summed E-state index contributed by atoms with van der Waals surface area (Å²) in [7, 11) is 0. The van der Waals surface area contributed by atoms with Crippen LogP contribution >= 0.6 is 0 Å². The van der Waals surface area contributed by atoms with E-state index in [1.54, 1.807) is 6.92 Å². The minimum Gasteiger partial charge on any atom is -0.677 e. The second-order valence-corrected chi connectivity index (χ2v) is 0.750. The molecule has 0 aromatic heterocycles. The van der Waals surface area contributed by atoms with Gasteiger partial charge in [0.2, 0.25) is 0 Å². The van der Waals surface area contributed by atoms with Crippen molar-refractivity contribution in [3.8, 4) is 0 Å². The Morgan fingerprint density at radius 1 is 1.43 bits per heavy atom. The Morgan fingerprint density at radius 3 is 1.57 bits per heavy atom. The number of rotatable bonds is 1. The monoisotopic (exact) mass is 111 g/mol. The standard InChI is InChI=1S/C3H8N.C2H5.Mg/c1-2-3-4;1-2;/h4H,2-3H2,1H3;1H2,2H3;/q2*-1;+2. The summed E-state index contributed by atoms with van der Waals surface area (Å²) in [6.07, 6.45) is 0.986. The van der Waals surface area contributed by atoms with Crippen LogP contribution in [-0.4, -0.2) is 29.6 Å². The van der Waals surface area contributed by atoms with Gasteiger partial charge in [-0.15, -0.1) is 0 Å². The zero-order valence-electron chi connectivity index (χ0n) is 5.33. The summed E-state index contributed by atoms with van der Waals surface area (Å²) in [5.74, 6) is 0. The Labute approximate surface area is 62.8 Å². The van der Waals surface area contributed by atoms with Crippen LogP contribution in [0.4, 0.5) is 0 Å². The Hall–Kier alpha value is 0.726. The van der Waals surface area contributed by atoms with Gasteiger partial charge in [0.25, 0.3) is 0 Å². The molecule has 2 heteroatoms. The third-order valence-corrected chi connectivity index (χ3v) is 0.250. The van der Waals surface area contributed by atoms with Crippen molar-refractivity contribution < 1.29 is 0 Å². The average molecular weight is 111 g/mol. The number of nitrogens with one attached hydrogen (secondary N) is 1. The normalized spacial score (nSPS) is 5.14. The maximum absolute atomic E-state index is 6.45. The van der Waals surface area contributed by atoms with E-state index in [1.165, 1.54) is 0 Å². The summed E-state index contributed by atoms with van der Waals surface area (Å²) in [4.78, 5) is 0. The van der Waals surface area contributed by atoms with Crippen molar-refractivity contribution in [2.24, 2.45) is 0 Å². The molecule has 0 aliphatic rings. The van der Waals surface area contributed by atoms with Crippen molar-refractivity contribution in [3.63, 3.8) is 0 Å². The summed E-state index contributed by atoms with van der Waals surface area (Å²) < 4.78 is 0. The van der Waals surface area contributed by atoms with Crippen molar-refractivity contribution in [2.75, 3.05) is 6.54 Å². The maximum Gasteiger partial charge on any atom is 2.00 e. The molecule has 0 aliphatic carbocycles. The molecular weight excluding hydrogens is 98.4 g/mol. The SMILES string of the molecule is CCC[NH-].[CH2-]C.[Mg+2]. The molecule has 1 N–H and O–H groups in total. The van der Waals surface area contributed by atoms with Crippen molar-refractivity contribution in [2.45, 2.75) is 20.3 Å². The molecule has 0 bridgehead atoms. The first-order valence-corrected chi connectivity index (χ1v) is 2.27. The van der Waals surface area contributed by atoms with Crippen LogP contribution in [-0.2, 0) is 0 Å². The average Bonchev–Trinajstić information content (AvgIpc) is 1.72. The summed E-state index contributed by atoms with van der Waals surface area (Å²) in [5, 5.41) is 0. The molecular formula is C5H13MgN. The molecule has 0 saturated carbocycles. The summed E-state index contributed by atoms with van der Waals surface area (Å²) in [6, 6.07) is 0. The molecule has 0 aromatic rings. The van der Waals surface area contributed by atoms with Gasteiger partial charge in [-0.1, -0.05) is 13.3 Å². The predicted molar refractivity (Wildman–Crippen MR) is 36.3 cm³/mol. The van der Waals surface area contributed by atoms with E-state index in [4.69, 9.17) is 5.73 Å². The predicted octanol–water partition coefficient (Wildman–Crippen LogP) is 1.91. The van der Waals surface area contributed by atoms with E-state index in [9.17, 15) is 0 Å². The quantitative estimate of drug-likeness (QED) is 0.365. The first-order chi connectivity index (χ1) is 2.91. The fourth-order valence-corrected chi connectivity index (χ4v) is 0. The molecule has 0 heterocycles. The zero-order valence-corrected chi connectivity index (χ0v) is 6.74. The molecule has 0 spiro atoms. The van der Waals surface area contributed by atoms with E-state index in [0.29, 0.717) is 6.54 Å². The minimum absolute atomic E-state index is 0. The fourth-order valence-electron chi connectivity index (χ4n) is 0. The number of hydrogen-bond acceptors (Lipinski definition) is 0. The molecule has 40 valence electrons. The zero-order chi connectivity index (χ0) is 5.41. The summed E-state index contributed by atoms with van der Waals surface area (Å²) >= 11 is 0. The van der Waals surface area contributed by atoms with E-state index < -0.39 is 0 Å². The van der Waals surface area contributed by atoms with Crippen LogP contribution in [0, 0.1) is 6.92 Å². The second kappa shape index (κ2) is 29.7. The van der Waals surface area contributed by atoms with Gasteiger partial charge in [-0.05, 0) is 0 Å². The van der Waals surface area contributed by atoms with E-state index in [0.717, 1.165) is 6.42 Å². The largest absolute Gasteiger partial charge is 2.00 e. The Kier molecular flexibility index (Phi) is 66.3. The fraction of sp³-hybridized carbons (Fsp3) is 0.800. The third-order valence-electron chi connectivity index (χ3n) is 0.250. The Balaban J connectivity index is -0.0000000480. The molecule has 0 aromatic carbocycles. The van der Waals surface area contributed by atoms with Gasteiger partial charge in [0.05, 0.1) is 0 Å². The first kappa shape index (κ1) is 15.6. The van der Waals surface area contributed by atoms with Gasteiger partial charge >= 0.3 is 23.1 Å². The maximum atomic E-state index is 6.45. The molecule has 0 aliphatic heterocycles. The topological polar surface area (TPSA) is 23.8 Å². The van der Waals surface area contributed by atoms with Gasteiger partial charge in [0.15, 0.2) is 0 Å². The molecule has 0 unspecified atom stereocenters. The molecule has 0 fully saturated rings. The van der Waals surface area contributed by atoms with Crippen LogP contribution in [0.5, 0.6) is 0 Å². The first-order valence-electron chi connectivity index (χ1n) is 2.27. The van der Waals surface area contributed by atoms with E-state index in [2.05, 4.69) is 6.92 Å². The number of hydrogen-bond donors (Lipinski definition) is 0. The van der Waals surface area contributed by atoms with Gasteiger partial charge in [0.1, 0.15) is 0 Å². The van der Waals surface area contributed by atoms with E-state index >= 15 is 0 Å². The third kappa shape index (κ3) is 50.4. The smallest absolute Gasteiger partial charge is 0.677 e. The van der Waals surface area contributed by atoms with Crippen LogP contribution in [0.25, 0.3) is 5.73 Å². The van der Waals surface area contributed by atoms with Crippen LogP contribution in [0.3, 0.4) is 0 Å². The van der Waals surface area contributed by atoms with Crippen molar-refractivity contribution >= 4 is 23.1 Å². The van der Waals surface area contributed by atoms with Gasteiger partial charge in [-0.25, -0.2) is 0 Å². The van der Waals surface area contributed by atoms with Gasteiger partial charge < -0.3 is 12.7 Å². The summed E-state index contributed by atoms with van der Waals surface area (Å²) in [5.41, 5.74) is 6.45. The van der Waals surface area contributed by atoms with Crippen LogP contribution in [0.1, 0.15) is 20.3 Å². The molecule has 0 radical (unpaired) electrons. The molecule has 0 saturated heterocycles. The van der Waals surface area contributed by atoms with Crippen molar-refractivity contribution in [1.82, 2.24) is 0 Å². The molecule has 7 heavy (non-hydrogen) atoms. The van der Waals surface area contributed by atoms with Crippen LogP contribution in [0.2, 0.25) is 0 Å². The van der Waals surface area contributed by atoms with Crippen LogP contribution < -0.4 is 0 Å². The molecule has 0 amide bonds. The van der Waals surface area contributed by atoms with Gasteiger partial charge in [-0.3, -0.25) is 0 Å². The van der Waals surface area contributed by atoms with Gasteiger partial charge in [-0.2, -0.15) is 13.5 Å².